The second-order valence-corrected chi connectivity index (χ2v) is 22.0. The van der Waals surface area contributed by atoms with Crippen LogP contribution >= 0.6 is 0 Å². The molecule has 2 aliphatic carbocycles. The van der Waals surface area contributed by atoms with Crippen molar-refractivity contribution in [1.29, 1.82) is 0 Å². The van der Waals surface area contributed by atoms with E-state index >= 15 is 0 Å². The van der Waals surface area contributed by atoms with Crippen LogP contribution in [0.3, 0.4) is 0 Å². The predicted octanol–water partition coefficient (Wildman–Crippen LogP) is 12.3. The van der Waals surface area contributed by atoms with Gasteiger partial charge in [0.25, 0.3) is 0 Å². The van der Waals surface area contributed by atoms with Crippen molar-refractivity contribution in [3.63, 3.8) is 0 Å². The molecular formula is C46H47NSi. The maximum atomic E-state index is 2.72. The molecule has 6 aromatic rings. The molecule has 2 unspecified atom stereocenters. The fourth-order valence-electron chi connectivity index (χ4n) is 9.93. The van der Waals surface area contributed by atoms with Gasteiger partial charge in [0.15, 0.2) is 0 Å². The molecule has 6 aromatic carbocycles. The smallest absolute Gasteiger partial charge is 0.0775 e. The minimum atomic E-state index is -1.36. The summed E-state index contributed by atoms with van der Waals surface area (Å²) in [5.74, 6) is 0. The minimum absolute atomic E-state index is 0.0552. The molecule has 0 radical (unpaired) electrons. The van der Waals surface area contributed by atoms with E-state index in [1.54, 1.807) is 0 Å². The van der Waals surface area contributed by atoms with E-state index in [-0.39, 0.29) is 16.4 Å². The molecule has 1 heterocycles. The van der Waals surface area contributed by atoms with Gasteiger partial charge in [0.2, 0.25) is 0 Å². The fourth-order valence-corrected chi connectivity index (χ4v) is 11.1. The van der Waals surface area contributed by atoms with E-state index in [2.05, 4.69) is 161 Å². The Bertz CT molecular complexity index is 2290. The standard InChI is InChI=1S/C46H47NSi/c1-44(2)39-24-23-36-35-13-9-8-12-30(35)14-21-37(36)43(39)38-22-15-31(28-40(38)44)32-16-25-42-41(29-32)45(3)26-10-11-27-46(45,4)47(42)33-17-19-34(20-18-33)48(5,6)7/h8-9,12-25,28-29H,10-11,26-27H2,1-7H3. The van der Waals surface area contributed by atoms with E-state index in [1.807, 2.05) is 0 Å². The average molecular weight is 642 g/mol. The second kappa shape index (κ2) is 9.95. The molecule has 0 saturated heterocycles. The number of rotatable bonds is 3. The van der Waals surface area contributed by atoms with E-state index in [0.29, 0.717) is 0 Å². The summed E-state index contributed by atoms with van der Waals surface area (Å²) in [6.07, 6.45) is 5.05. The van der Waals surface area contributed by atoms with E-state index in [0.717, 1.165) is 0 Å². The lowest BCUT2D eigenvalue weighted by Crippen LogP contribution is -2.54. The van der Waals surface area contributed by atoms with Crippen LogP contribution in [0.25, 0.3) is 43.8 Å². The molecule has 0 aromatic heterocycles. The molecule has 240 valence electrons. The van der Waals surface area contributed by atoms with Crippen molar-refractivity contribution in [3.8, 4) is 22.3 Å². The van der Waals surface area contributed by atoms with E-state index in [9.17, 15) is 0 Å². The lowest BCUT2D eigenvalue weighted by atomic mass is 9.61. The molecule has 1 aliphatic heterocycles. The van der Waals surface area contributed by atoms with Gasteiger partial charge in [-0.3, -0.25) is 0 Å². The zero-order chi connectivity index (χ0) is 33.2. The molecule has 0 bridgehead atoms. The van der Waals surface area contributed by atoms with Crippen LogP contribution in [-0.2, 0) is 10.8 Å². The van der Waals surface area contributed by atoms with Crippen LogP contribution in [0.15, 0.2) is 109 Å². The van der Waals surface area contributed by atoms with Crippen LogP contribution in [0.2, 0.25) is 19.6 Å². The fraction of sp³-hybridized carbons (Fsp3) is 0.304. The Morgan fingerprint density at radius 2 is 1.27 bits per heavy atom. The van der Waals surface area contributed by atoms with E-state index < -0.39 is 8.07 Å². The summed E-state index contributed by atoms with van der Waals surface area (Å²) in [4.78, 5) is 2.72. The molecule has 0 amide bonds. The summed E-state index contributed by atoms with van der Waals surface area (Å²) >= 11 is 0. The molecule has 0 spiro atoms. The maximum absolute atomic E-state index is 2.72. The van der Waals surface area contributed by atoms with Crippen molar-refractivity contribution in [2.24, 2.45) is 0 Å². The van der Waals surface area contributed by atoms with E-state index in [4.69, 9.17) is 0 Å². The number of nitrogens with zero attached hydrogens (tertiary/aromatic N) is 1. The lowest BCUT2D eigenvalue weighted by molar-refractivity contribution is 0.195. The van der Waals surface area contributed by atoms with Crippen molar-refractivity contribution in [3.05, 3.63) is 126 Å². The molecule has 2 atom stereocenters. The number of hydrogen-bond acceptors (Lipinski definition) is 1. The summed E-state index contributed by atoms with van der Waals surface area (Å²) in [7, 11) is -1.36. The zero-order valence-corrected chi connectivity index (χ0v) is 30.7. The SMILES string of the molecule is CC1(C)c2cc(-c3ccc4c(c3)C3(C)CCCCC3(C)N4c3ccc([Si](C)(C)C)cc3)ccc2-c2c1ccc1c2ccc2ccccc21. The highest BCUT2D eigenvalue weighted by Crippen LogP contribution is 2.61. The topological polar surface area (TPSA) is 3.24 Å². The van der Waals surface area contributed by atoms with Gasteiger partial charge >= 0.3 is 0 Å². The number of fused-ring (bicyclic) bond motifs is 10. The number of benzene rings is 6. The van der Waals surface area contributed by atoms with Crippen LogP contribution in [0, 0.1) is 0 Å². The van der Waals surface area contributed by atoms with Crippen molar-refractivity contribution < 1.29 is 0 Å². The van der Waals surface area contributed by atoms with Crippen LogP contribution < -0.4 is 10.1 Å². The third kappa shape index (κ3) is 3.96. The Morgan fingerprint density at radius 3 is 2.04 bits per heavy atom. The van der Waals surface area contributed by atoms with Crippen molar-refractivity contribution in [1.82, 2.24) is 0 Å². The minimum Gasteiger partial charge on any atom is -0.334 e. The Kier molecular flexibility index (Phi) is 6.21. The van der Waals surface area contributed by atoms with Crippen LogP contribution in [0.4, 0.5) is 11.4 Å². The van der Waals surface area contributed by atoms with Crippen LogP contribution in [0.5, 0.6) is 0 Å². The summed E-state index contributed by atoms with van der Waals surface area (Å²) in [5.41, 5.74) is 12.7. The van der Waals surface area contributed by atoms with Gasteiger partial charge in [0.1, 0.15) is 0 Å². The molecule has 9 rings (SSSR count). The molecule has 1 nitrogen and oxygen atoms in total. The number of hydrogen-bond donors (Lipinski definition) is 0. The predicted molar refractivity (Wildman–Crippen MR) is 210 cm³/mol. The van der Waals surface area contributed by atoms with Gasteiger partial charge in [0.05, 0.1) is 13.6 Å². The van der Waals surface area contributed by atoms with Gasteiger partial charge in [-0.05, 0) is 111 Å². The monoisotopic (exact) mass is 641 g/mol. The first-order chi connectivity index (χ1) is 22.9. The van der Waals surface area contributed by atoms with Gasteiger partial charge in [-0.2, -0.15) is 0 Å². The van der Waals surface area contributed by atoms with Gasteiger partial charge in [-0.25, -0.2) is 0 Å². The van der Waals surface area contributed by atoms with Crippen molar-refractivity contribution >= 4 is 46.2 Å². The van der Waals surface area contributed by atoms with Crippen LogP contribution in [-0.4, -0.2) is 13.6 Å². The maximum Gasteiger partial charge on any atom is 0.0775 e. The summed E-state index contributed by atoms with van der Waals surface area (Å²) in [5, 5.41) is 6.88. The Balaban J connectivity index is 1.17. The summed E-state index contributed by atoms with van der Waals surface area (Å²) < 4.78 is 0. The largest absolute Gasteiger partial charge is 0.334 e. The highest BCUT2D eigenvalue weighted by Gasteiger charge is 2.57. The summed E-state index contributed by atoms with van der Waals surface area (Å²) in [6.45, 7) is 17.3. The van der Waals surface area contributed by atoms with Gasteiger partial charge in [0, 0.05) is 22.2 Å². The zero-order valence-electron chi connectivity index (χ0n) is 29.7. The van der Waals surface area contributed by atoms with Crippen LogP contribution in [0.1, 0.15) is 70.1 Å². The second-order valence-electron chi connectivity index (χ2n) is 16.9. The third-order valence-electron chi connectivity index (χ3n) is 13.0. The highest BCUT2D eigenvalue weighted by atomic mass is 28.3. The Morgan fingerprint density at radius 1 is 0.583 bits per heavy atom. The Hall–Kier alpha value is -4.14. The van der Waals surface area contributed by atoms with E-state index in [1.165, 1.54) is 103 Å². The molecule has 0 N–H and O–H groups in total. The molecule has 2 heteroatoms. The Labute approximate surface area is 287 Å². The molecule has 1 saturated carbocycles. The van der Waals surface area contributed by atoms with Gasteiger partial charge in [-0.15, -0.1) is 0 Å². The first-order valence-electron chi connectivity index (χ1n) is 18.1. The normalized spacial score (nSPS) is 22.4. The molecule has 1 fully saturated rings. The first kappa shape index (κ1) is 30.0. The van der Waals surface area contributed by atoms with Gasteiger partial charge in [-0.1, -0.05) is 137 Å². The highest BCUT2D eigenvalue weighted by molar-refractivity contribution is 6.88. The van der Waals surface area contributed by atoms with Crippen molar-refractivity contribution in [2.75, 3.05) is 4.90 Å². The lowest BCUT2D eigenvalue weighted by Gasteiger charge is -2.50. The molecule has 48 heavy (non-hydrogen) atoms. The van der Waals surface area contributed by atoms with Gasteiger partial charge < -0.3 is 4.90 Å². The quantitative estimate of drug-likeness (QED) is 0.137. The first-order valence-corrected chi connectivity index (χ1v) is 21.6. The van der Waals surface area contributed by atoms with Crippen molar-refractivity contribution in [2.45, 2.75) is 89.4 Å². The third-order valence-corrected chi connectivity index (χ3v) is 15.1. The average Bonchev–Trinajstić information content (AvgIpc) is 3.44. The molecule has 3 aliphatic rings. The number of anilines is 2. The summed E-state index contributed by atoms with van der Waals surface area (Å²) in [6, 6.07) is 42.5. The molecular weight excluding hydrogens is 595 g/mol.